The smallest absolute Gasteiger partial charge is 0.203 e. The molecule has 3 aromatic carbocycles. The molecule has 3 aromatic rings. The number of ketones is 1. The third-order valence-electron chi connectivity index (χ3n) is 5.46. The largest absolute Gasteiger partial charge is 0.504 e. The zero-order valence-corrected chi connectivity index (χ0v) is 21.2. The number of hydrogen-bond acceptors (Lipinski definition) is 9. The van der Waals surface area contributed by atoms with Crippen LogP contribution in [0.15, 0.2) is 54.7 Å². The van der Waals surface area contributed by atoms with Crippen molar-refractivity contribution in [1.82, 2.24) is 0 Å². The van der Waals surface area contributed by atoms with E-state index < -0.39 is 0 Å². The minimum absolute atomic E-state index is 0.131. The number of phenolic OH excluding ortho intramolecular Hbond substituents is 2. The second-order valence-electron chi connectivity index (χ2n) is 7.60. The van der Waals surface area contributed by atoms with Crippen LogP contribution in [0.25, 0.3) is 12.2 Å². The number of methoxy groups -OCH3 is 5. The van der Waals surface area contributed by atoms with E-state index in [1.165, 1.54) is 60.0 Å². The van der Waals surface area contributed by atoms with Crippen molar-refractivity contribution < 1.29 is 38.7 Å². The van der Waals surface area contributed by atoms with E-state index in [4.69, 9.17) is 23.7 Å². The van der Waals surface area contributed by atoms with Crippen molar-refractivity contribution >= 4 is 23.6 Å². The number of phenols is 2. The molecule has 0 saturated heterocycles. The Labute approximate surface area is 215 Å². The maximum absolute atomic E-state index is 12.5. The molecule has 0 aliphatic heterocycles. The van der Waals surface area contributed by atoms with Gasteiger partial charge < -0.3 is 39.2 Å². The third-order valence-corrected chi connectivity index (χ3v) is 5.46. The topological polar surface area (TPSA) is 116 Å². The van der Waals surface area contributed by atoms with Crippen LogP contribution < -0.4 is 29.0 Å². The number of hydrogen-bond donors (Lipinski definition) is 3. The van der Waals surface area contributed by atoms with E-state index in [2.05, 4.69) is 5.32 Å². The van der Waals surface area contributed by atoms with E-state index in [0.29, 0.717) is 28.5 Å². The van der Waals surface area contributed by atoms with Crippen LogP contribution in [-0.4, -0.2) is 51.5 Å². The summed E-state index contributed by atoms with van der Waals surface area (Å²) >= 11 is 0. The van der Waals surface area contributed by atoms with Crippen LogP contribution in [0.2, 0.25) is 0 Å². The Morgan fingerprint density at radius 2 is 1.38 bits per heavy atom. The molecule has 0 unspecified atom stereocenters. The Morgan fingerprint density at radius 3 is 1.95 bits per heavy atom. The van der Waals surface area contributed by atoms with Crippen molar-refractivity contribution in [2.75, 3.05) is 40.9 Å². The molecule has 0 spiro atoms. The van der Waals surface area contributed by atoms with Gasteiger partial charge in [0.25, 0.3) is 0 Å². The van der Waals surface area contributed by atoms with Crippen molar-refractivity contribution in [3.63, 3.8) is 0 Å². The number of allylic oxidation sites excluding steroid dienone is 1. The highest BCUT2D eigenvalue weighted by Gasteiger charge is 2.14. The quantitative estimate of drug-likeness (QED) is 0.141. The first kappa shape index (κ1) is 26.8. The molecule has 9 nitrogen and oxygen atoms in total. The van der Waals surface area contributed by atoms with Crippen molar-refractivity contribution in [3.05, 3.63) is 71.4 Å². The maximum atomic E-state index is 12.5. The van der Waals surface area contributed by atoms with Crippen LogP contribution in [0.3, 0.4) is 0 Å². The first-order chi connectivity index (χ1) is 17.9. The van der Waals surface area contributed by atoms with Crippen LogP contribution in [0.4, 0.5) is 5.69 Å². The fourth-order valence-electron chi connectivity index (χ4n) is 3.57. The number of nitrogens with one attached hydrogen (secondary N) is 1. The summed E-state index contributed by atoms with van der Waals surface area (Å²) in [6.07, 6.45) is 6.27. The fourth-order valence-corrected chi connectivity index (χ4v) is 3.57. The molecule has 0 fully saturated rings. The van der Waals surface area contributed by atoms with Crippen LogP contribution >= 0.6 is 0 Å². The molecule has 0 atom stereocenters. The van der Waals surface area contributed by atoms with Gasteiger partial charge in [0, 0.05) is 23.4 Å². The second kappa shape index (κ2) is 12.3. The van der Waals surface area contributed by atoms with Crippen LogP contribution in [-0.2, 0) is 0 Å². The van der Waals surface area contributed by atoms with Gasteiger partial charge in [-0.05, 0) is 48.0 Å². The minimum Gasteiger partial charge on any atom is -0.504 e. The van der Waals surface area contributed by atoms with Gasteiger partial charge in [-0.25, -0.2) is 0 Å². The Morgan fingerprint density at radius 1 is 0.757 bits per heavy atom. The van der Waals surface area contributed by atoms with E-state index in [1.54, 1.807) is 36.4 Å². The Bertz CT molecular complexity index is 1300. The zero-order valence-electron chi connectivity index (χ0n) is 21.2. The van der Waals surface area contributed by atoms with Crippen LogP contribution in [0.5, 0.6) is 40.2 Å². The molecule has 0 aliphatic rings. The summed E-state index contributed by atoms with van der Waals surface area (Å²) in [7, 11) is 7.47. The minimum atomic E-state index is -0.359. The number of rotatable bonds is 11. The Hall–Kier alpha value is -4.79. The highest BCUT2D eigenvalue weighted by molar-refractivity contribution is 6.05. The van der Waals surface area contributed by atoms with Gasteiger partial charge in [-0.3, -0.25) is 4.79 Å². The normalized spacial score (nSPS) is 10.9. The third kappa shape index (κ3) is 6.07. The molecule has 3 N–H and O–H groups in total. The molecule has 0 radical (unpaired) electrons. The maximum Gasteiger partial charge on any atom is 0.203 e. The zero-order chi connectivity index (χ0) is 26.9. The van der Waals surface area contributed by atoms with E-state index in [-0.39, 0.29) is 34.3 Å². The van der Waals surface area contributed by atoms with Crippen molar-refractivity contribution in [3.8, 4) is 40.2 Å². The standard InChI is InChI=1S/C28H29NO8/c1-33-22-10-9-19(16-21(22)31)20(30)12-13-29-26-18(8-11-23(34-2)27(26)32)7-6-17-14-24(35-3)28(37-5)25(15-17)36-4/h6-16,29,31-32H,1-5H3/b7-6+,13-12-. The van der Waals surface area contributed by atoms with Crippen LogP contribution in [0.1, 0.15) is 21.5 Å². The van der Waals surface area contributed by atoms with Gasteiger partial charge in [0.2, 0.25) is 5.75 Å². The number of benzene rings is 3. The molecule has 0 amide bonds. The van der Waals surface area contributed by atoms with Gasteiger partial charge in [-0.15, -0.1) is 0 Å². The lowest BCUT2D eigenvalue weighted by Gasteiger charge is -2.13. The number of anilines is 1. The summed E-state index contributed by atoms with van der Waals surface area (Å²) in [5, 5.41) is 23.6. The van der Waals surface area contributed by atoms with E-state index >= 15 is 0 Å². The molecular weight excluding hydrogens is 478 g/mol. The van der Waals surface area contributed by atoms with Crippen LogP contribution in [0, 0.1) is 0 Å². The van der Waals surface area contributed by atoms with Gasteiger partial charge >= 0.3 is 0 Å². The molecule has 0 aromatic heterocycles. The molecule has 0 aliphatic carbocycles. The van der Waals surface area contributed by atoms with Gasteiger partial charge in [0.15, 0.2) is 40.3 Å². The summed E-state index contributed by atoms with van der Waals surface area (Å²) in [5.74, 6) is 1.38. The molecular formula is C28H29NO8. The molecule has 0 bridgehead atoms. The lowest BCUT2D eigenvalue weighted by molar-refractivity contribution is 0.104. The number of aromatic hydroxyl groups is 2. The lowest BCUT2D eigenvalue weighted by Crippen LogP contribution is -1.98. The van der Waals surface area contributed by atoms with Gasteiger partial charge in [-0.1, -0.05) is 12.2 Å². The van der Waals surface area contributed by atoms with Gasteiger partial charge in [0.1, 0.15) is 0 Å². The summed E-state index contributed by atoms with van der Waals surface area (Å²) in [4.78, 5) is 12.5. The molecule has 0 saturated carbocycles. The summed E-state index contributed by atoms with van der Waals surface area (Å²) < 4.78 is 26.4. The number of carbonyl (C=O) groups is 1. The molecule has 9 heteroatoms. The summed E-state index contributed by atoms with van der Waals surface area (Å²) in [6, 6.07) is 11.3. The van der Waals surface area contributed by atoms with Crippen molar-refractivity contribution in [1.29, 1.82) is 0 Å². The Balaban J connectivity index is 1.90. The monoisotopic (exact) mass is 507 g/mol. The molecule has 194 valence electrons. The second-order valence-corrected chi connectivity index (χ2v) is 7.60. The molecule has 37 heavy (non-hydrogen) atoms. The highest BCUT2D eigenvalue weighted by atomic mass is 16.5. The van der Waals surface area contributed by atoms with Gasteiger partial charge in [-0.2, -0.15) is 0 Å². The molecule has 3 rings (SSSR count). The summed E-state index contributed by atoms with van der Waals surface area (Å²) in [5.41, 5.74) is 1.98. The summed E-state index contributed by atoms with van der Waals surface area (Å²) in [6.45, 7) is 0. The van der Waals surface area contributed by atoms with E-state index in [9.17, 15) is 15.0 Å². The van der Waals surface area contributed by atoms with E-state index in [0.717, 1.165) is 5.56 Å². The first-order valence-electron chi connectivity index (χ1n) is 11.1. The fraction of sp³-hybridized carbons (Fsp3) is 0.179. The predicted octanol–water partition coefficient (Wildman–Crippen LogP) is 5.12. The average Bonchev–Trinajstić information content (AvgIpc) is 2.92. The Kier molecular flexibility index (Phi) is 8.88. The van der Waals surface area contributed by atoms with Gasteiger partial charge in [0.05, 0.1) is 41.2 Å². The lowest BCUT2D eigenvalue weighted by atomic mass is 10.1. The molecule has 0 heterocycles. The van der Waals surface area contributed by atoms with E-state index in [1.807, 2.05) is 6.08 Å². The SMILES string of the molecule is COc1ccc(C(=O)/C=C\Nc2c(/C=C/c3cc(OC)c(OC)c(OC)c3)ccc(OC)c2O)cc1O. The predicted molar refractivity (Wildman–Crippen MR) is 141 cm³/mol. The first-order valence-corrected chi connectivity index (χ1v) is 11.1. The average molecular weight is 508 g/mol. The van der Waals surface area contributed by atoms with Crippen molar-refractivity contribution in [2.45, 2.75) is 0 Å². The highest BCUT2D eigenvalue weighted by Crippen LogP contribution is 2.40. The number of ether oxygens (including phenoxy) is 5. The number of carbonyl (C=O) groups excluding carboxylic acids is 1. The van der Waals surface area contributed by atoms with Crippen molar-refractivity contribution in [2.24, 2.45) is 0 Å².